The molecule has 7 nitrogen and oxygen atoms in total. The first-order valence-corrected chi connectivity index (χ1v) is 9.30. The molecule has 2 unspecified atom stereocenters. The highest BCUT2D eigenvalue weighted by Crippen LogP contribution is 2.47. The summed E-state index contributed by atoms with van der Waals surface area (Å²) < 4.78 is 0. The molecule has 0 radical (unpaired) electrons. The van der Waals surface area contributed by atoms with E-state index in [1.165, 1.54) is 6.42 Å². The lowest BCUT2D eigenvalue weighted by Gasteiger charge is -2.32. The average molecular weight is 360 g/mol. The van der Waals surface area contributed by atoms with E-state index < -0.39 is 22.7 Å². The maximum atomic E-state index is 13.2. The number of para-hydroxylation sites is 1. The van der Waals surface area contributed by atoms with Crippen molar-refractivity contribution in [2.24, 2.45) is 10.7 Å². The first-order chi connectivity index (χ1) is 12.0. The molecular formula is C17H20N4O3S. The standard InChI is InChI=1S/C17H20N4O3S/c18-16-19-14(22)13(25-16)17(24)11-6-2-3-7-12(11)21(15(17)23)10-20-8-4-1-5-9-20/h2-3,6-7,13,24H,1,4-5,8-10H2,(H2,18,19,22). The molecule has 0 aliphatic carbocycles. The van der Waals surface area contributed by atoms with E-state index in [4.69, 9.17) is 5.73 Å². The van der Waals surface area contributed by atoms with Crippen molar-refractivity contribution in [1.82, 2.24) is 4.90 Å². The van der Waals surface area contributed by atoms with Crippen molar-refractivity contribution in [3.8, 4) is 0 Å². The topological polar surface area (TPSA) is 99.2 Å². The summed E-state index contributed by atoms with van der Waals surface area (Å²) in [4.78, 5) is 32.9. The van der Waals surface area contributed by atoms with Gasteiger partial charge in [-0.3, -0.25) is 19.4 Å². The van der Waals surface area contributed by atoms with E-state index in [2.05, 4.69) is 9.89 Å². The highest BCUT2D eigenvalue weighted by atomic mass is 32.2. The normalized spacial score (nSPS) is 29.9. The Morgan fingerprint density at radius 2 is 1.96 bits per heavy atom. The quantitative estimate of drug-likeness (QED) is 0.820. The van der Waals surface area contributed by atoms with Crippen LogP contribution in [0.3, 0.4) is 0 Å². The Labute approximate surface area is 149 Å². The van der Waals surface area contributed by atoms with Crippen LogP contribution in [0, 0.1) is 0 Å². The number of carbonyl (C=O) groups is 2. The van der Waals surface area contributed by atoms with Crippen LogP contribution >= 0.6 is 11.8 Å². The minimum atomic E-state index is -1.93. The van der Waals surface area contributed by atoms with Gasteiger partial charge in [0.25, 0.3) is 11.8 Å². The molecule has 0 spiro atoms. The number of hydrogen-bond acceptors (Lipinski definition) is 6. The molecule has 3 aliphatic rings. The SMILES string of the molecule is NC1=NC(=O)C(C2(O)C(=O)N(CN3CCCCC3)c3ccccc32)S1. The minimum absolute atomic E-state index is 0.0863. The van der Waals surface area contributed by atoms with Crippen molar-refractivity contribution in [2.45, 2.75) is 30.1 Å². The van der Waals surface area contributed by atoms with Gasteiger partial charge in [0.1, 0.15) is 5.25 Å². The Kier molecular flexibility index (Phi) is 4.05. The van der Waals surface area contributed by atoms with Crippen molar-refractivity contribution in [2.75, 3.05) is 24.7 Å². The number of benzene rings is 1. The second-order valence-corrected chi connectivity index (χ2v) is 7.75. The number of carbonyl (C=O) groups excluding carboxylic acids is 2. The molecule has 1 saturated heterocycles. The van der Waals surface area contributed by atoms with Gasteiger partial charge in [-0.1, -0.05) is 36.4 Å². The molecule has 4 rings (SSSR count). The molecule has 2 amide bonds. The number of piperidine rings is 1. The summed E-state index contributed by atoms with van der Waals surface area (Å²) in [5.41, 5.74) is 4.81. The Hall–Kier alpha value is -1.90. The average Bonchev–Trinajstić information content (AvgIpc) is 3.07. The van der Waals surface area contributed by atoms with E-state index in [0.717, 1.165) is 37.7 Å². The first-order valence-electron chi connectivity index (χ1n) is 8.42. The summed E-state index contributed by atoms with van der Waals surface area (Å²) in [7, 11) is 0. The zero-order valence-electron chi connectivity index (χ0n) is 13.7. The number of rotatable bonds is 3. The lowest BCUT2D eigenvalue weighted by molar-refractivity contribution is -0.140. The fourth-order valence-electron chi connectivity index (χ4n) is 3.78. The maximum Gasteiger partial charge on any atom is 0.266 e. The van der Waals surface area contributed by atoms with Crippen LogP contribution in [0.15, 0.2) is 29.3 Å². The molecule has 0 bridgehead atoms. The molecule has 25 heavy (non-hydrogen) atoms. The summed E-state index contributed by atoms with van der Waals surface area (Å²) in [6, 6.07) is 7.10. The first kappa shape index (κ1) is 16.6. The Balaban J connectivity index is 1.70. The van der Waals surface area contributed by atoms with E-state index in [-0.39, 0.29) is 5.17 Å². The Morgan fingerprint density at radius 1 is 1.24 bits per heavy atom. The van der Waals surface area contributed by atoms with Crippen LogP contribution in [0.4, 0.5) is 5.69 Å². The van der Waals surface area contributed by atoms with E-state index in [1.54, 1.807) is 17.0 Å². The number of thioether (sulfide) groups is 1. The highest BCUT2D eigenvalue weighted by Gasteiger charge is 2.59. The number of amides is 2. The smallest absolute Gasteiger partial charge is 0.266 e. The van der Waals surface area contributed by atoms with Crippen LogP contribution in [0.5, 0.6) is 0 Å². The van der Waals surface area contributed by atoms with Crippen molar-refractivity contribution in [3.63, 3.8) is 0 Å². The number of hydrogen-bond donors (Lipinski definition) is 2. The number of likely N-dealkylation sites (tertiary alicyclic amines) is 1. The van der Waals surface area contributed by atoms with Gasteiger partial charge in [0.2, 0.25) is 0 Å². The van der Waals surface area contributed by atoms with Crippen LogP contribution in [0.1, 0.15) is 24.8 Å². The molecule has 8 heteroatoms. The minimum Gasteiger partial charge on any atom is -0.378 e. The van der Waals surface area contributed by atoms with Crippen molar-refractivity contribution >= 4 is 34.4 Å². The lowest BCUT2D eigenvalue weighted by Crippen LogP contribution is -2.52. The fraction of sp³-hybridized carbons (Fsp3) is 0.471. The predicted octanol–water partition coefficient (Wildman–Crippen LogP) is 0.621. The van der Waals surface area contributed by atoms with Crippen LogP contribution in [0.25, 0.3) is 0 Å². The van der Waals surface area contributed by atoms with Gasteiger partial charge >= 0.3 is 0 Å². The van der Waals surface area contributed by atoms with Crippen molar-refractivity contribution in [1.29, 1.82) is 0 Å². The van der Waals surface area contributed by atoms with Crippen LogP contribution in [-0.2, 0) is 15.2 Å². The van der Waals surface area contributed by atoms with Gasteiger partial charge in [-0.25, -0.2) is 0 Å². The summed E-state index contributed by atoms with van der Waals surface area (Å²) in [6.45, 7) is 2.27. The van der Waals surface area contributed by atoms with E-state index in [1.807, 2.05) is 12.1 Å². The number of nitrogens with zero attached hydrogens (tertiary/aromatic N) is 3. The fourth-order valence-corrected chi connectivity index (χ4v) is 4.72. The molecule has 1 aromatic carbocycles. The van der Waals surface area contributed by atoms with Crippen LogP contribution < -0.4 is 10.6 Å². The second kappa shape index (κ2) is 6.12. The zero-order chi connectivity index (χ0) is 17.6. The highest BCUT2D eigenvalue weighted by molar-refractivity contribution is 8.15. The van der Waals surface area contributed by atoms with E-state index in [9.17, 15) is 14.7 Å². The third kappa shape index (κ3) is 2.56. The maximum absolute atomic E-state index is 13.2. The van der Waals surface area contributed by atoms with Crippen LogP contribution in [-0.4, -0.2) is 52.0 Å². The summed E-state index contributed by atoms with van der Waals surface area (Å²) in [5, 5.41) is 10.4. The van der Waals surface area contributed by atoms with Crippen molar-refractivity contribution < 1.29 is 14.7 Å². The zero-order valence-corrected chi connectivity index (χ0v) is 14.5. The molecule has 3 aliphatic heterocycles. The lowest BCUT2D eigenvalue weighted by atomic mass is 9.91. The van der Waals surface area contributed by atoms with Gasteiger partial charge in [-0.2, -0.15) is 4.99 Å². The van der Waals surface area contributed by atoms with Gasteiger partial charge in [0.15, 0.2) is 10.8 Å². The van der Waals surface area contributed by atoms with Gasteiger partial charge < -0.3 is 10.8 Å². The Bertz CT molecular complexity index is 762. The number of aliphatic imine (C=N–C) groups is 1. The van der Waals surface area contributed by atoms with E-state index in [0.29, 0.717) is 17.9 Å². The van der Waals surface area contributed by atoms with Gasteiger partial charge in [0.05, 0.1) is 12.4 Å². The molecule has 2 atom stereocenters. The van der Waals surface area contributed by atoms with Crippen molar-refractivity contribution in [3.05, 3.63) is 29.8 Å². The molecule has 0 aromatic heterocycles. The third-order valence-electron chi connectivity index (χ3n) is 5.03. The monoisotopic (exact) mass is 360 g/mol. The van der Waals surface area contributed by atoms with Gasteiger partial charge in [0, 0.05) is 5.56 Å². The number of nitrogens with two attached hydrogens (primary N) is 1. The second-order valence-electron chi connectivity index (χ2n) is 6.62. The predicted molar refractivity (Wildman–Crippen MR) is 96.1 cm³/mol. The van der Waals surface area contributed by atoms with Crippen LogP contribution in [0.2, 0.25) is 0 Å². The number of fused-ring (bicyclic) bond motifs is 1. The number of anilines is 1. The van der Waals surface area contributed by atoms with E-state index >= 15 is 0 Å². The molecule has 1 aromatic rings. The molecule has 0 saturated carbocycles. The number of aliphatic hydroxyl groups is 1. The largest absolute Gasteiger partial charge is 0.378 e. The Morgan fingerprint density at radius 3 is 2.64 bits per heavy atom. The third-order valence-corrected chi connectivity index (χ3v) is 6.14. The molecular weight excluding hydrogens is 340 g/mol. The molecule has 3 N–H and O–H groups in total. The molecule has 132 valence electrons. The molecule has 1 fully saturated rings. The van der Waals surface area contributed by atoms with Gasteiger partial charge in [-0.05, 0) is 32.0 Å². The molecule has 3 heterocycles. The number of amidine groups is 1. The van der Waals surface area contributed by atoms with Gasteiger partial charge in [-0.15, -0.1) is 0 Å². The summed E-state index contributed by atoms with van der Waals surface area (Å²) in [6.07, 6.45) is 3.42. The summed E-state index contributed by atoms with van der Waals surface area (Å²) >= 11 is 0.952. The summed E-state index contributed by atoms with van der Waals surface area (Å²) in [5.74, 6) is -1.04.